The average Bonchev–Trinajstić information content (AvgIpc) is 3.10. The van der Waals surface area contributed by atoms with Crippen molar-refractivity contribution in [3.05, 3.63) is 53.5 Å². The maximum absolute atomic E-state index is 12.8. The highest BCUT2D eigenvalue weighted by molar-refractivity contribution is 5.35. The first-order chi connectivity index (χ1) is 13.8. The fourth-order valence-corrected chi connectivity index (χ4v) is 3.72. The number of ether oxygens (including phenoxy) is 1. The van der Waals surface area contributed by atoms with Crippen LogP contribution in [0.4, 0.5) is 19.0 Å². The number of nitrogens with zero attached hydrogens (tertiary/aromatic N) is 3. The van der Waals surface area contributed by atoms with Crippen LogP contribution in [-0.4, -0.2) is 62.6 Å². The van der Waals surface area contributed by atoms with Gasteiger partial charge in [-0.1, -0.05) is 24.3 Å². The van der Waals surface area contributed by atoms with Crippen LogP contribution in [0.25, 0.3) is 0 Å². The molecule has 29 heavy (non-hydrogen) atoms. The standard InChI is InChI=1S/C19H21F3N4O3/c20-19(21,22)15-5-23-6-16(25-15)24-13-10-29-14(18(28)17(13)27)9-26-7-11-3-1-2-4-12(11)8-26/h1-6,13-14,17-18,27-28H,7-10H2,(H,24,25)/t13-,14+,17+,18-/m0/s1. The number of halogens is 3. The number of aromatic nitrogens is 2. The summed E-state index contributed by atoms with van der Waals surface area (Å²) in [6, 6.07) is 7.25. The van der Waals surface area contributed by atoms with Gasteiger partial charge < -0.3 is 20.3 Å². The van der Waals surface area contributed by atoms with Gasteiger partial charge in [-0.3, -0.25) is 9.88 Å². The Kier molecular flexibility index (Phi) is 5.43. The summed E-state index contributed by atoms with van der Waals surface area (Å²) in [5, 5.41) is 23.6. The molecule has 7 nitrogen and oxygen atoms in total. The maximum Gasteiger partial charge on any atom is 0.434 e. The molecule has 0 aliphatic carbocycles. The average molecular weight is 410 g/mol. The molecule has 2 aliphatic heterocycles. The predicted octanol–water partition coefficient (Wildman–Crippen LogP) is 1.41. The lowest BCUT2D eigenvalue weighted by Gasteiger charge is -2.39. The second-order valence-electron chi connectivity index (χ2n) is 7.33. The third-order valence-corrected chi connectivity index (χ3v) is 5.24. The zero-order valence-electron chi connectivity index (χ0n) is 15.4. The van der Waals surface area contributed by atoms with E-state index in [4.69, 9.17) is 4.74 Å². The molecule has 156 valence electrons. The number of anilines is 1. The summed E-state index contributed by atoms with van der Waals surface area (Å²) in [6.07, 6.45) is -5.90. The molecule has 0 amide bonds. The molecule has 10 heteroatoms. The number of rotatable bonds is 4. The fourth-order valence-electron chi connectivity index (χ4n) is 3.72. The number of hydrogen-bond acceptors (Lipinski definition) is 7. The molecule has 3 N–H and O–H groups in total. The molecule has 2 aromatic rings. The number of alkyl halides is 3. The van der Waals surface area contributed by atoms with Gasteiger partial charge in [-0.2, -0.15) is 13.2 Å². The van der Waals surface area contributed by atoms with E-state index in [2.05, 4.69) is 32.3 Å². The van der Waals surface area contributed by atoms with Crippen LogP contribution in [0.1, 0.15) is 16.8 Å². The van der Waals surface area contributed by atoms with Crippen molar-refractivity contribution in [1.29, 1.82) is 0 Å². The van der Waals surface area contributed by atoms with Crippen molar-refractivity contribution < 1.29 is 28.1 Å². The molecule has 1 aromatic carbocycles. The van der Waals surface area contributed by atoms with Gasteiger partial charge in [-0.15, -0.1) is 0 Å². The normalized spacial score (nSPS) is 27.6. The van der Waals surface area contributed by atoms with E-state index >= 15 is 0 Å². The molecular weight excluding hydrogens is 389 g/mol. The Morgan fingerprint density at radius 1 is 1.10 bits per heavy atom. The Morgan fingerprint density at radius 2 is 1.79 bits per heavy atom. The van der Waals surface area contributed by atoms with Crippen molar-refractivity contribution in [3.63, 3.8) is 0 Å². The first kappa shape index (κ1) is 20.0. The topological polar surface area (TPSA) is 90.7 Å². The lowest BCUT2D eigenvalue weighted by Crippen LogP contribution is -2.58. The molecule has 1 fully saturated rings. The van der Waals surface area contributed by atoms with Gasteiger partial charge in [-0.25, -0.2) is 4.98 Å². The van der Waals surface area contributed by atoms with E-state index in [-0.39, 0.29) is 12.4 Å². The number of fused-ring (bicyclic) bond motifs is 1. The monoisotopic (exact) mass is 410 g/mol. The third-order valence-electron chi connectivity index (χ3n) is 5.24. The van der Waals surface area contributed by atoms with E-state index in [1.165, 1.54) is 11.1 Å². The van der Waals surface area contributed by atoms with Crippen LogP contribution in [-0.2, 0) is 24.0 Å². The van der Waals surface area contributed by atoms with Crippen molar-refractivity contribution >= 4 is 5.82 Å². The summed E-state index contributed by atoms with van der Waals surface area (Å²) < 4.78 is 44.1. The largest absolute Gasteiger partial charge is 0.434 e. The number of nitrogens with one attached hydrogen (secondary N) is 1. The summed E-state index contributed by atoms with van der Waals surface area (Å²) in [7, 11) is 0. The Hall–Kier alpha value is -2.27. The van der Waals surface area contributed by atoms with Crippen LogP contribution < -0.4 is 5.32 Å². The summed E-state index contributed by atoms with van der Waals surface area (Å²) in [5.74, 6) is -0.145. The van der Waals surface area contributed by atoms with E-state index in [0.29, 0.717) is 12.7 Å². The molecule has 0 spiro atoms. The van der Waals surface area contributed by atoms with Gasteiger partial charge >= 0.3 is 6.18 Å². The van der Waals surface area contributed by atoms with Crippen LogP contribution in [0, 0.1) is 0 Å². The van der Waals surface area contributed by atoms with Crippen molar-refractivity contribution in [2.24, 2.45) is 0 Å². The number of hydrogen-bond donors (Lipinski definition) is 3. The maximum atomic E-state index is 12.8. The van der Waals surface area contributed by atoms with Gasteiger partial charge in [0.15, 0.2) is 5.69 Å². The van der Waals surface area contributed by atoms with Crippen molar-refractivity contribution in [2.75, 3.05) is 18.5 Å². The predicted molar refractivity (Wildman–Crippen MR) is 96.8 cm³/mol. The van der Waals surface area contributed by atoms with E-state index in [9.17, 15) is 23.4 Å². The van der Waals surface area contributed by atoms with E-state index < -0.39 is 36.2 Å². The second-order valence-corrected chi connectivity index (χ2v) is 7.33. The van der Waals surface area contributed by atoms with Crippen molar-refractivity contribution in [3.8, 4) is 0 Å². The van der Waals surface area contributed by atoms with Gasteiger partial charge in [0.2, 0.25) is 0 Å². The van der Waals surface area contributed by atoms with Crippen LogP contribution in [0.3, 0.4) is 0 Å². The number of benzene rings is 1. The smallest absolute Gasteiger partial charge is 0.388 e. The number of aliphatic hydroxyl groups excluding tert-OH is 2. The minimum absolute atomic E-state index is 0.0155. The minimum atomic E-state index is -4.62. The van der Waals surface area contributed by atoms with Crippen molar-refractivity contribution in [1.82, 2.24) is 14.9 Å². The molecular formula is C19H21F3N4O3. The van der Waals surface area contributed by atoms with Gasteiger partial charge in [0.25, 0.3) is 0 Å². The zero-order chi connectivity index (χ0) is 20.6. The molecule has 0 saturated carbocycles. The molecule has 0 unspecified atom stereocenters. The molecule has 3 heterocycles. The summed E-state index contributed by atoms with van der Waals surface area (Å²) in [4.78, 5) is 9.12. The Bertz CT molecular complexity index is 842. The minimum Gasteiger partial charge on any atom is -0.388 e. The van der Waals surface area contributed by atoms with Crippen LogP contribution in [0.15, 0.2) is 36.7 Å². The van der Waals surface area contributed by atoms with Gasteiger partial charge in [0.05, 0.1) is 31.1 Å². The SMILES string of the molecule is O[C@@H]1[C@H](O)[C@@H](Nc2cncc(C(F)(F)F)n2)CO[C@@H]1CN1Cc2ccccc2C1. The van der Waals surface area contributed by atoms with E-state index in [1.807, 2.05) is 12.1 Å². The molecule has 4 atom stereocenters. The number of aliphatic hydroxyl groups is 2. The highest BCUT2D eigenvalue weighted by Gasteiger charge is 2.40. The first-order valence-corrected chi connectivity index (χ1v) is 9.24. The summed E-state index contributed by atoms with van der Waals surface area (Å²) in [5.41, 5.74) is 1.31. The van der Waals surface area contributed by atoms with E-state index in [0.717, 1.165) is 19.3 Å². The molecule has 0 bridgehead atoms. The van der Waals surface area contributed by atoms with Gasteiger partial charge in [-0.05, 0) is 11.1 Å². The highest BCUT2D eigenvalue weighted by atomic mass is 19.4. The van der Waals surface area contributed by atoms with Gasteiger partial charge in [0.1, 0.15) is 18.0 Å². The Morgan fingerprint density at radius 3 is 2.45 bits per heavy atom. The Balaban J connectivity index is 1.36. The molecule has 1 saturated heterocycles. The summed E-state index contributed by atoms with van der Waals surface area (Å²) >= 11 is 0. The Labute approximate surface area is 165 Å². The van der Waals surface area contributed by atoms with Crippen molar-refractivity contribution in [2.45, 2.75) is 43.6 Å². The highest BCUT2D eigenvalue weighted by Crippen LogP contribution is 2.28. The molecule has 2 aliphatic rings. The lowest BCUT2D eigenvalue weighted by molar-refractivity contribution is -0.147. The van der Waals surface area contributed by atoms with Crippen LogP contribution in [0.2, 0.25) is 0 Å². The van der Waals surface area contributed by atoms with Gasteiger partial charge in [0, 0.05) is 19.6 Å². The summed E-state index contributed by atoms with van der Waals surface area (Å²) in [6.45, 7) is 1.92. The van der Waals surface area contributed by atoms with Crippen LogP contribution in [0.5, 0.6) is 0 Å². The quantitative estimate of drug-likeness (QED) is 0.702. The lowest BCUT2D eigenvalue weighted by atomic mass is 9.97. The van der Waals surface area contributed by atoms with E-state index in [1.54, 1.807) is 0 Å². The fraction of sp³-hybridized carbons (Fsp3) is 0.474. The third kappa shape index (κ3) is 4.35. The second kappa shape index (κ2) is 7.86. The molecule has 4 rings (SSSR count). The zero-order valence-corrected chi connectivity index (χ0v) is 15.4. The van der Waals surface area contributed by atoms with Crippen LogP contribution >= 0.6 is 0 Å². The first-order valence-electron chi connectivity index (χ1n) is 9.24. The molecule has 0 radical (unpaired) electrons. The molecule has 1 aromatic heterocycles.